The van der Waals surface area contributed by atoms with E-state index in [2.05, 4.69) is 13.0 Å². The zero-order valence-corrected chi connectivity index (χ0v) is 8.16. The number of aliphatic hydroxyl groups excluding tert-OH is 1. The van der Waals surface area contributed by atoms with Crippen molar-refractivity contribution in [2.24, 2.45) is 5.41 Å². The number of aliphatic hydroxyl groups is 2. The Balaban J connectivity index is 2.28. The van der Waals surface area contributed by atoms with Gasteiger partial charge in [-0.3, -0.25) is 0 Å². The summed E-state index contributed by atoms with van der Waals surface area (Å²) < 4.78 is 0. The maximum atomic E-state index is 10.2. The van der Waals surface area contributed by atoms with Crippen LogP contribution in [0.25, 0.3) is 0 Å². The molecule has 0 unspecified atom stereocenters. The molecule has 74 valence electrons. The van der Waals surface area contributed by atoms with Crippen LogP contribution in [0.1, 0.15) is 39.0 Å². The van der Waals surface area contributed by atoms with Gasteiger partial charge in [0.2, 0.25) is 0 Å². The van der Waals surface area contributed by atoms with Gasteiger partial charge in [0.15, 0.2) is 0 Å². The Morgan fingerprint density at radius 2 is 2.15 bits per heavy atom. The summed E-state index contributed by atoms with van der Waals surface area (Å²) in [6.07, 6.45) is 7.90. The van der Waals surface area contributed by atoms with E-state index in [1.807, 2.05) is 6.08 Å². The van der Waals surface area contributed by atoms with E-state index in [0.29, 0.717) is 6.42 Å². The fraction of sp³-hybridized carbons (Fsp3) is 0.818. The van der Waals surface area contributed by atoms with Crippen LogP contribution in [-0.2, 0) is 0 Å². The number of allylic oxidation sites excluding steroid dienone is 1. The highest BCUT2D eigenvalue weighted by Crippen LogP contribution is 2.46. The van der Waals surface area contributed by atoms with E-state index in [1.165, 1.54) is 0 Å². The van der Waals surface area contributed by atoms with Gasteiger partial charge in [-0.2, -0.15) is 0 Å². The van der Waals surface area contributed by atoms with Crippen molar-refractivity contribution in [3.05, 3.63) is 12.2 Å². The molecule has 0 aromatic carbocycles. The smallest absolute Gasteiger partial charge is 0.0834 e. The Labute approximate surface area is 79.3 Å². The van der Waals surface area contributed by atoms with Gasteiger partial charge in [-0.05, 0) is 37.5 Å². The largest absolute Gasteiger partial charge is 0.393 e. The first-order chi connectivity index (χ1) is 6.04. The summed E-state index contributed by atoms with van der Waals surface area (Å²) in [6, 6.07) is 0. The molecule has 2 bridgehead atoms. The zero-order chi connectivity index (χ0) is 9.53. The Hall–Kier alpha value is -0.340. The number of rotatable bonds is 0. The molecule has 0 amide bonds. The summed E-state index contributed by atoms with van der Waals surface area (Å²) in [5.41, 5.74) is -0.707. The van der Waals surface area contributed by atoms with E-state index < -0.39 is 5.60 Å². The van der Waals surface area contributed by atoms with E-state index >= 15 is 0 Å². The summed E-state index contributed by atoms with van der Waals surface area (Å²) in [5, 5.41) is 20.0. The predicted octanol–water partition coefficient (Wildman–Crippen LogP) is 1.62. The molecule has 0 heterocycles. The minimum atomic E-state index is -0.634. The van der Waals surface area contributed by atoms with Crippen LogP contribution in [0.15, 0.2) is 12.2 Å². The third-order valence-corrected chi connectivity index (χ3v) is 3.68. The van der Waals surface area contributed by atoms with Crippen LogP contribution in [0.5, 0.6) is 0 Å². The molecule has 2 nitrogen and oxygen atoms in total. The van der Waals surface area contributed by atoms with Gasteiger partial charge in [0.25, 0.3) is 0 Å². The molecular weight excluding hydrogens is 164 g/mol. The van der Waals surface area contributed by atoms with Gasteiger partial charge in [0.05, 0.1) is 11.7 Å². The minimum absolute atomic E-state index is 0.0729. The molecule has 2 rings (SSSR count). The maximum Gasteiger partial charge on any atom is 0.0834 e. The lowest BCUT2D eigenvalue weighted by atomic mass is 9.66. The summed E-state index contributed by atoms with van der Waals surface area (Å²) in [5.74, 6) is 0. The topological polar surface area (TPSA) is 40.5 Å². The highest BCUT2D eigenvalue weighted by atomic mass is 16.3. The lowest BCUT2D eigenvalue weighted by Crippen LogP contribution is -2.45. The van der Waals surface area contributed by atoms with Crippen molar-refractivity contribution in [1.29, 1.82) is 0 Å². The lowest BCUT2D eigenvalue weighted by Gasteiger charge is -2.44. The molecule has 3 atom stereocenters. The van der Waals surface area contributed by atoms with Crippen molar-refractivity contribution in [3.63, 3.8) is 0 Å². The highest BCUT2D eigenvalue weighted by Gasteiger charge is 2.45. The van der Waals surface area contributed by atoms with E-state index in [0.717, 1.165) is 25.7 Å². The van der Waals surface area contributed by atoms with Crippen molar-refractivity contribution in [2.45, 2.75) is 50.7 Å². The first-order valence-electron chi connectivity index (χ1n) is 5.12. The second-order valence-electron chi connectivity index (χ2n) is 4.93. The van der Waals surface area contributed by atoms with E-state index in [-0.39, 0.29) is 11.5 Å². The van der Waals surface area contributed by atoms with Crippen molar-refractivity contribution >= 4 is 0 Å². The van der Waals surface area contributed by atoms with Crippen molar-refractivity contribution in [1.82, 2.24) is 0 Å². The van der Waals surface area contributed by atoms with Crippen molar-refractivity contribution < 1.29 is 10.2 Å². The van der Waals surface area contributed by atoms with Gasteiger partial charge in [0.1, 0.15) is 0 Å². The standard InChI is InChI=1S/C11H18O2/c1-10-5-2-3-6-11(13,8-10)7-4-9(10)12/h3,6,9,12-13H,2,4-5,7-8H2,1H3/t9-,10-,11+/m0/s1. The second kappa shape index (κ2) is 2.82. The normalized spacial score (nSPS) is 50.2. The molecule has 0 aromatic rings. The summed E-state index contributed by atoms with van der Waals surface area (Å²) in [6.45, 7) is 2.09. The molecule has 2 aliphatic rings. The van der Waals surface area contributed by atoms with Crippen molar-refractivity contribution in [2.75, 3.05) is 0 Å². The predicted molar refractivity (Wildman–Crippen MR) is 51.3 cm³/mol. The summed E-state index contributed by atoms with van der Waals surface area (Å²) in [4.78, 5) is 0. The monoisotopic (exact) mass is 182 g/mol. The zero-order valence-electron chi connectivity index (χ0n) is 8.16. The molecule has 2 N–H and O–H groups in total. The molecule has 0 aromatic heterocycles. The van der Waals surface area contributed by atoms with Gasteiger partial charge in [-0.25, -0.2) is 0 Å². The Morgan fingerprint density at radius 1 is 1.38 bits per heavy atom. The minimum Gasteiger partial charge on any atom is -0.393 e. The van der Waals surface area contributed by atoms with Crippen LogP contribution >= 0.6 is 0 Å². The van der Waals surface area contributed by atoms with Crippen LogP contribution < -0.4 is 0 Å². The van der Waals surface area contributed by atoms with Crippen LogP contribution in [-0.4, -0.2) is 21.9 Å². The Kier molecular flexibility index (Phi) is 2.00. The molecule has 1 saturated carbocycles. The summed E-state index contributed by atoms with van der Waals surface area (Å²) in [7, 11) is 0. The third-order valence-electron chi connectivity index (χ3n) is 3.68. The lowest BCUT2D eigenvalue weighted by molar-refractivity contribution is -0.0814. The highest BCUT2D eigenvalue weighted by molar-refractivity contribution is 5.11. The van der Waals surface area contributed by atoms with Crippen LogP contribution in [0.3, 0.4) is 0 Å². The SMILES string of the molecule is C[C@@]12CCC=C[C@@](O)(CC[C@@H]1O)C2. The van der Waals surface area contributed by atoms with Gasteiger partial charge in [0, 0.05) is 0 Å². The van der Waals surface area contributed by atoms with Gasteiger partial charge < -0.3 is 10.2 Å². The van der Waals surface area contributed by atoms with Crippen molar-refractivity contribution in [3.8, 4) is 0 Å². The van der Waals surface area contributed by atoms with E-state index in [9.17, 15) is 10.2 Å². The van der Waals surface area contributed by atoms with Gasteiger partial charge in [-0.1, -0.05) is 19.1 Å². The van der Waals surface area contributed by atoms with Crippen LogP contribution in [0.4, 0.5) is 0 Å². The van der Waals surface area contributed by atoms with Gasteiger partial charge >= 0.3 is 0 Å². The molecular formula is C11H18O2. The number of hydrogen-bond donors (Lipinski definition) is 2. The molecule has 2 aliphatic carbocycles. The third kappa shape index (κ3) is 1.53. The average molecular weight is 182 g/mol. The van der Waals surface area contributed by atoms with Crippen LogP contribution in [0, 0.1) is 5.41 Å². The fourth-order valence-electron chi connectivity index (χ4n) is 2.75. The first-order valence-corrected chi connectivity index (χ1v) is 5.12. The van der Waals surface area contributed by atoms with E-state index in [1.54, 1.807) is 0 Å². The maximum absolute atomic E-state index is 10.2. The summed E-state index contributed by atoms with van der Waals surface area (Å²) >= 11 is 0. The average Bonchev–Trinajstić information content (AvgIpc) is 2.19. The number of fused-ring (bicyclic) bond motifs is 2. The first kappa shape index (κ1) is 9.22. The number of hydrogen-bond acceptors (Lipinski definition) is 2. The molecule has 0 saturated heterocycles. The fourth-order valence-corrected chi connectivity index (χ4v) is 2.75. The van der Waals surface area contributed by atoms with Gasteiger partial charge in [-0.15, -0.1) is 0 Å². The molecule has 13 heavy (non-hydrogen) atoms. The Morgan fingerprint density at radius 3 is 2.92 bits per heavy atom. The second-order valence-corrected chi connectivity index (χ2v) is 4.93. The van der Waals surface area contributed by atoms with E-state index in [4.69, 9.17) is 0 Å². The molecule has 0 spiro atoms. The molecule has 0 radical (unpaired) electrons. The Bertz CT molecular complexity index is 236. The van der Waals surface area contributed by atoms with Crippen LogP contribution in [0.2, 0.25) is 0 Å². The molecule has 1 fully saturated rings. The molecule has 0 aliphatic heterocycles. The molecule has 2 heteroatoms. The quantitative estimate of drug-likeness (QED) is 0.559.